The maximum absolute atomic E-state index is 5.34. The largest absolute Gasteiger partial charge is 0.380 e. The van der Waals surface area contributed by atoms with E-state index in [-0.39, 0.29) is 10.9 Å². The molecule has 0 amide bonds. The van der Waals surface area contributed by atoms with Crippen LogP contribution in [0.5, 0.6) is 0 Å². The van der Waals surface area contributed by atoms with Crippen LogP contribution in [-0.2, 0) is 4.74 Å². The van der Waals surface area contributed by atoms with Crippen LogP contribution in [0.25, 0.3) is 0 Å². The number of benzene rings is 1. The molecule has 0 radical (unpaired) electrons. The van der Waals surface area contributed by atoms with Gasteiger partial charge in [-0.15, -0.1) is 0 Å². The van der Waals surface area contributed by atoms with Crippen molar-refractivity contribution in [3.8, 4) is 0 Å². The van der Waals surface area contributed by atoms with Gasteiger partial charge in [0.1, 0.15) is 0 Å². The van der Waals surface area contributed by atoms with Crippen LogP contribution in [0.2, 0.25) is 0 Å². The minimum absolute atomic E-state index is 0.108. The highest BCUT2D eigenvalue weighted by molar-refractivity contribution is 8.17. The van der Waals surface area contributed by atoms with Crippen molar-refractivity contribution in [3.63, 3.8) is 0 Å². The Balaban J connectivity index is 2.08. The molecule has 0 aliphatic carbocycles. The van der Waals surface area contributed by atoms with Gasteiger partial charge in [-0.2, -0.15) is 0 Å². The molecule has 0 bridgehead atoms. The number of hydrogen-bond donors (Lipinski definition) is 1. The minimum atomic E-state index is 0.108. The number of ether oxygens (including phenoxy) is 1. The Bertz CT molecular complexity index is 229. The van der Waals surface area contributed by atoms with Crippen molar-refractivity contribution in [1.82, 2.24) is 0 Å². The highest BCUT2D eigenvalue weighted by Gasteiger charge is 2.10. The van der Waals surface area contributed by atoms with E-state index in [1.54, 1.807) is 0 Å². The van der Waals surface area contributed by atoms with E-state index < -0.39 is 0 Å². The standard InChI is InChI=1S/C10H14OS/c1-2-4-10(5-3-1)12-8-6-11-7-9-12/h1-5,12H,6-9H2. The summed E-state index contributed by atoms with van der Waals surface area (Å²) in [6.45, 7) is 1.92. The van der Waals surface area contributed by atoms with Gasteiger partial charge in [0.25, 0.3) is 0 Å². The zero-order chi connectivity index (χ0) is 8.23. The second-order valence-electron chi connectivity index (χ2n) is 2.93. The third-order valence-corrected chi connectivity index (χ3v) is 4.61. The van der Waals surface area contributed by atoms with E-state index in [1.807, 2.05) is 0 Å². The van der Waals surface area contributed by atoms with E-state index in [0.717, 1.165) is 13.2 Å². The highest BCUT2D eigenvalue weighted by Crippen LogP contribution is 2.36. The molecule has 1 nitrogen and oxygen atoms in total. The van der Waals surface area contributed by atoms with Crippen molar-refractivity contribution in [2.45, 2.75) is 4.90 Å². The number of thiol groups is 1. The van der Waals surface area contributed by atoms with Crippen molar-refractivity contribution in [3.05, 3.63) is 30.3 Å². The molecule has 0 atom stereocenters. The molecule has 1 aliphatic rings. The maximum atomic E-state index is 5.34. The van der Waals surface area contributed by atoms with Crippen LogP contribution in [0.15, 0.2) is 35.2 Å². The first-order valence-electron chi connectivity index (χ1n) is 4.34. The lowest BCUT2D eigenvalue weighted by Gasteiger charge is -2.26. The summed E-state index contributed by atoms with van der Waals surface area (Å²) in [5.74, 6) is 2.50. The van der Waals surface area contributed by atoms with Crippen molar-refractivity contribution in [2.24, 2.45) is 0 Å². The highest BCUT2D eigenvalue weighted by atomic mass is 32.2. The predicted octanol–water partition coefficient (Wildman–Crippen LogP) is 2.08. The van der Waals surface area contributed by atoms with E-state index in [1.165, 1.54) is 16.4 Å². The molecule has 0 N–H and O–H groups in total. The van der Waals surface area contributed by atoms with Crippen LogP contribution >= 0.6 is 10.9 Å². The summed E-state index contributed by atoms with van der Waals surface area (Å²) in [6.07, 6.45) is 0. The molecule has 12 heavy (non-hydrogen) atoms. The maximum Gasteiger partial charge on any atom is 0.0543 e. The lowest BCUT2D eigenvalue weighted by atomic mass is 10.4. The van der Waals surface area contributed by atoms with E-state index in [4.69, 9.17) is 4.74 Å². The second kappa shape index (κ2) is 3.97. The lowest BCUT2D eigenvalue weighted by molar-refractivity contribution is 0.160. The van der Waals surface area contributed by atoms with Crippen molar-refractivity contribution >= 4 is 10.9 Å². The molecule has 2 rings (SSSR count). The average molecular weight is 182 g/mol. The first-order chi connectivity index (χ1) is 5.97. The molecule has 2 heteroatoms. The first kappa shape index (κ1) is 8.14. The third kappa shape index (κ3) is 1.82. The smallest absolute Gasteiger partial charge is 0.0543 e. The van der Waals surface area contributed by atoms with E-state index >= 15 is 0 Å². The quantitative estimate of drug-likeness (QED) is 0.654. The van der Waals surface area contributed by atoms with Gasteiger partial charge in [0.05, 0.1) is 13.2 Å². The van der Waals surface area contributed by atoms with Crippen LogP contribution in [0.1, 0.15) is 0 Å². The van der Waals surface area contributed by atoms with Gasteiger partial charge in [0.2, 0.25) is 0 Å². The van der Waals surface area contributed by atoms with E-state index in [2.05, 4.69) is 30.3 Å². The first-order valence-corrected chi connectivity index (χ1v) is 6.06. The van der Waals surface area contributed by atoms with Crippen LogP contribution in [0.3, 0.4) is 0 Å². The summed E-state index contributed by atoms with van der Waals surface area (Å²) < 4.78 is 5.34. The molecule has 1 fully saturated rings. The normalized spacial score (nSPS) is 20.8. The predicted molar refractivity (Wildman–Crippen MR) is 54.2 cm³/mol. The summed E-state index contributed by atoms with van der Waals surface area (Å²) in [6, 6.07) is 10.8. The van der Waals surface area contributed by atoms with Gasteiger partial charge in [-0.25, -0.2) is 10.9 Å². The van der Waals surface area contributed by atoms with Gasteiger partial charge in [-0.05, 0) is 4.90 Å². The Hall–Kier alpha value is -0.470. The van der Waals surface area contributed by atoms with Crippen molar-refractivity contribution in [1.29, 1.82) is 0 Å². The summed E-state index contributed by atoms with van der Waals surface area (Å²) >= 11 is 0. The van der Waals surface area contributed by atoms with Crippen LogP contribution in [-0.4, -0.2) is 24.7 Å². The Morgan fingerprint density at radius 2 is 1.67 bits per heavy atom. The van der Waals surface area contributed by atoms with Gasteiger partial charge in [0.15, 0.2) is 0 Å². The fraction of sp³-hybridized carbons (Fsp3) is 0.400. The van der Waals surface area contributed by atoms with E-state index in [0.29, 0.717) is 0 Å². The van der Waals surface area contributed by atoms with Crippen LogP contribution in [0, 0.1) is 0 Å². The molecule has 0 saturated carbocycles. The van der Waals surface area contributed by atoms with E-state index in [9.17, 15) is 0 Å². The number of rotatable bonds is 1. The van der Waals surface area contributed by atoms with Crippen molar-refractivity contribution in [2.75, 3.05) is 24.7 Å². The molecule has 1 aliphatic heterocycles. The van der Waals surface area contributed by atoms with Crippen LogP contribution < -0.4 is 0 Å². The Labute approximate surface area is 76.1 Å². The Kier molecular flexibility index (Phi) is 2.69. The van der Waals surface area contributed by atoms with Crippen molar-refractivity contribution < 1.29 is 4.74 Å². The minimum Gasteiger partial charge on any atom is -0.380 e. The lowest BCUT2D eigenvalue weighted by Crippen LogP contribution is -2.14. The molecule has 0 spiro atoms. The fourth-order valence-corrected chi connectivity index (χ4v) is 3.49. The average Bonchev–Trinajstić information content (AvgIpc) is 2.21. The summed E-state index contributed by atoms with van der Waals surface area (Å²) in [5, 5.41) is 0. The van der Waals surface area contributed by atoms with Gasteiger partial charge in [0, 0.05) is 11.5 Å². The van der Waals surface area contributed by atoms with Crippen LogP contribution in [0.4, 0.5) is 0 Å². The van der Waals surface area contributed by atoms with Gasteiger partial charge in [-0.1, -0.05) is 30.3 Å². The SMILES string of the molecule is c1ccc([SH]2CCOCC2)cc1. The van der Waals surface area contributed by atoms with Gasteiger partial charge in [-0.3, -0.25) is 0 Å². The molecular formula is C10H14OS. The van der Waals surface area contributed by atoms with Gasteiger partial charge >= 0.3 is 0 Å². The summed E-state index contributed by atoms with van der Waals surface area (Å²) in [7, 11) is 0.108. The molecular weight excluding hydrogens is 168 g/mol. The molecule has 66 valence electrons. The Morgan fingerprint density at radius 3 is 2.33 bits per heavy atom. The molecule has 1 aromatic rings. The number of hydrogen-bond acceptors (Lipinski definition) is 1. The topological polar surface area (TPSA) is 9.23 Å². The summed E-state index contributed by atoms with van der Waals surface area (Å²) in [4.78, 5) is 1.54. The zero-order valence-corrected chi connectivity index (χ0v) is 7.97. The molecule has 0 aromatic heterocycles. The van der Waals surface area contributed by atoms with Gasteiger partial charge < -0.3 is 4.74 Å². The summed E-state index contributed by atoms with van der Waals surface area (Å²) in [5.41, 5.74) is 0. The fourth-order valence-electron chi connectivity index (χ4n) is 1.46. The molecule has 1 heterocycles. The second-order valence-corrected chi connectivity index (χ2v) is 5.43. The third-order valence-electron chi connectivity index (χ3n) is 2.13. The monoisotopic (exact) mass is 182 g/mol. The molecule has 1 saturated heterocycles. The molecule has 1 aromatic carbocycles. The zero-order valence-electron chi connectivity index (χ0n) is 7.07. The Morgan fingerprint density at radius 1 is 1.00 bits per heavy atom. The molecule has 0 unspecified atom stereocenters.